The third-order valence-electron chi connectivity index (χ3n) is 4.07. The summed E-state index contributed by atoms with van der Waals surface area (Å²) in [5, 5.41) is 1.17. The normalized spacial score (nSPS) is 17.1. The molecule has 1 aliphatic rings. The first kappa shape index (κ1) is 11.7. The molecule has 0 aliphatic carbocycles. The van der Waals surface area contributed by atoms with Crippen molar-refractivity contribution in [3.8, 4) is 0 Å². The summed E-state index contributed by atoms with van der Waals surface area (Å²) in [6.45, 7) is 4.17. The van der Waals surface area contributed by atoms with E-state index in [1.54, 1.807) is 6.33 Å². The van der Waals surface area contributed by atoms with E-state index < -0.39 is 0 Å². The molecule has 0 saturated carbocycles. The molecule has 0 radical (unpaired) electrons. The monoisotopic (exact) mass is 267 g/mol. The zero-order valence-electron chi connectivity index (χ0n) is 11.5. The number of nitrogens with one attached hydrogen (secondary N) is 1. The predicted molar refractivity (Wildman–Crippen MR) is 81.1 cm³/mol. The maximum Gasteiger partial charge on any atom is 0.156 e. The van der Waals surface area contributed by atoms with Crippen LogP contribution in [0.15, 0.2) is 30.6 Å². The van der Waals surface area contributed by atoms with Crippen LogP contribution in [0, 0.1) is 0 Å². The van der Waals surface area contributed by atoms with Gasteiger partial charge in [0.2, 0.25) is 0 Å². The lowest BCUT2D eigenvalue weighted by Crippen LogP contribution is -2.44. The van der Waals surface area contributed by atoms with Gasteiger partial charge in [0.1, 0.15) is 17.4 Å². The first-order chi connectivity index (χ1) is 9.83. The first-order valence-electron chi connectivity index (χ1n) is 6.98. The highest BCUT2D eigenvalue weighted by atomic mass is 15.3. The van der Waals surface area contributed by atoms with E-state index >= 15 is 0 Å². The largest absolute Gasteiger partial charge is 0.352 e. The number of rotatable bonds is 1. The second-order valence-electron chi connectivity index (χ2n) is 5.38. The van der Waals surface area contributed by atoms with Crippen LogP contribution >= 0.6 is 0 Å². The van der Waals surface area contributed by atoms with Crippen LogP contribution in [0.1, 0.15) is 0 Å². The molecular formula is C15H17N5. The maximum atomic E-state index is 4.52. The van der Waals surface area contributed by atoms with Gasteiger partial charge >= 0.3 is 0 Å². The standard InChI is InChI=1S/C15H17N5/c1-19-6-8-20(9-7-19)15-14-13(16-10-17-15)11-4-2-3-5-12(11)18-14/h2-5,10,18H,6-9H2,1H3. The highest BCUT2D eigenvalue weighted by Crippen LogP contribution is 2.29. The van der Waals surface area contributed by atoms with Crippen LogP contribution in [-0.2, 0) is 0 Å². The number of fused-ring (bicyclic) bond motifs is 3. The number of likely N-dealkylation sites (N-methyl/N-ethyl adjacent to an activating group) is 1. The Labute approximate surface area is 117 Å². The highest BCUT2D eigenvalue weighted by molar-refractivity contribution is 6.08. The van der Waals surface area contributed by atoms with Crippen molar-refractivity contribution in [2.75, 3.05) is 38.1 Å². The summed E-state index contributed by atoms with van der Waals surface area (Å²) in [6.07, 6.45) is 1.68. The number of aromatic nitrogens is 3. The molecule has 0 spiro atoms. The second kappa shape index (κ2) is 4.45. The molecule has 5 nitrogen and oxygen atoms in total. The van der Waals surface area contributed by atoms with E-state index in [1.165, 1.54) is 5.39 Å². The quantitative estimate of drug-likeness (QED) is 0.731. The third kappa shape index (κ3) is 1.74. The van der Waals surface area contributed by atoms with Gasteiger partial charge in [-0.25, -0.2) is 9.97 Å². The molecule has 0 unspecified atom stereocenters. The summed E-state index contributed by atoms with van der Waals surface area (Å²) in [5.41, 5.74) is 3.20. The first-order valence-corrected chi connectivity index (χ1v) is 6.98. The summed E-state index contributed by atoms with van der Waals surface area (Å²) in [4.78, 5) is 17.1. The van der Waals surface area contributed by atoms with Crippen molar-refractivity contribution in [1.82, 2.24) is 19.9 Å². The minimum atomic E-state index is 1.01. The Balaban J connectivity index is 1.87. The fourth-order valence-electron chi connectivity index (χ4n) is 2.89. The lowest BCUT2D eigenvalue weighted by molar-refractivity contribution is 0.312. The van der Waals surface area contributed by atoms with Crippen LogP contribution in [0.4, 0.5) is 5.82 Å². The number of hydrogen-bond acceptors (Lipinski definition) is 4. The number of para-hydroxylation sites is 1. The summed E-state index contributed by atoms with van der Waals surface area (Å²) >= 11 is 0. The van der Waals surface area contributed by atoms with E-state index in [-0.39, 0.29) is 0 Å². The molecule has 2 aromatic heterocycles. The van der Waals surface area contributed by atoms with Crippen LogP contribution in [-0.4, -0.2) is 53.1 Å². The van der Waals surface area contributed by atoms with Gasteiger partial charge in [-0.3, -0.25) is 0 Å². The van der Waals surface area contributed by atoms with Crippen LogP contribution in [0.3, 0.4) is 0 Å². The Morgan fingerprint density at radius 1 is 1.05 bits per heavy atom. The van der Waals surface area contributed by atoms with Crippen LogP contribution in [0.2, 0.25) is 0 Å². The van der Waals surface area contributed by atoms with E-state index in [4.69, 9.17) is 0 Å². The van der Waals surface area contributed by atoms with Crippen molar-refractivity contribution in [2.24, 2.45) is 0 Å². The summed E-state index contributed by atoms with van der Waals surface area (Å²) < 4.78 is 0. The fourth-order valence-corrected chi connectivity index (χ4v) is 2.89. The Kier molecular flexibility index (Phi) is 2.60. The molecule has 1 saturated heterocycles. The molecular weight excluding hydrogens is 250 g/mol. The Morgan fingerprint density at radius 3 is 2.70 bits per heavy atom. The van der Waals surface area contributed by atoms with E-state index in [9.17, 15) is 0 Å². The van der Waals surface area contributed by atoms with Gasteiger partial charge in [0.05, 0.1) is 0 Å². The minimum absolute atomic E-state index is 1.01. The van der Waals surface area contributed by atoms with E-state index in [2.05, 4.69) is 43.9 Å². The van der Waals surface area contributed by atoms with Crippen molar-refractivity contribution in [1.29, 1.82) is 0 Å². The third-order valence-corrected chi connectivity index (χ3v) is 4.07. The van der Waals surface area contributed by atoms with Gasteiger partial charge in [0.15, 0.2) is 5.82 Å². The molecule has 5 heteroatoms. The van der Waals surface area contributed by atoms with Gasteiger partial charge in [-0.15, -0.1) is 0 Å². The summed E-state index contributed by atoms with van der Waals surface area (Å²) in [5.74, 6) is 1.03. The number of hydrogen-bond donors (Lipinski definition) is 1. The lowest BCUT2D eigenvalue weighted by Gasteiger charge is -2.33. The average molecular weight is 267 g/mol. The van der Waals surface area contributed by atoms with E-state index in [0.717, 1.165) is 48.5 Å². The van der Waals surface area contributed by atoms with Crippen molar-refractivity contribution in [3.63, 3.8) is 0 Å². The maximum absolute atomic E-state index is 4.52. The second-order valence-corrected chi connectivity index (χ2v) is 5.38. The Bertz CT molecular complexity index is 755. The molecule has 3 aromatic rings. The number of benzene rings is 1. The zero-order valence-corrected chi connectivity index (χ0v) is 11.5. The molecule has 4 rings (SSSR count). The number of aromatic amines is 1. The fraction of sp³-hybridized carbons (Fsp3) is 0.333. The van der Waals surface area contributed by atoms with Gasteiger partial charge in [-0.05, 0) is 13.1 Å². The molecule has 0 atom stereocenters. The molecule has 1 N–H and O–H groups in total. The molecule has 1 aromatic carbocycles. The van der Waals surface area contributed by atoms with E-state index in [1.807, 2.05) is 12.1 Å². The predicted octanol–water partition coefficient (Wildman–Crippen LogP) is 1.86. The van der Waals surface area contributed by atoms with Gasteiger partial charge in [0, 0.05) is 37.1 Å². The Hall–Kier alpha value is -2.14. The van der Waals surface area contributed by atoms with Crippen molar-refractivity contribution in [3.05, 3.63) is 30.6 Å². The molecule has 0 amide bonds. The number of H-pyrrole nitrogens is 1. The molecule has 102 valence electrons. The smallest absolute Gasteiger partial charge is 0.156 e. The Morgan fingerprint density at radius 2 is 1.85 bits per heavy atom. The number of anilines is 1. The lowest BCUT2D eigenvalue weighted by atomic mass is 10.2. The van der Waals surface area contributed by atoms with Crippen LogP contribution in [0.5, 0.6) is 0 Å². The van der Waals surface area contributed by atoms with Gasteiger partial charge in [-0.2, -0.15) is 0 Å². The van der Waals surface area contributed by atoms with Gasteiger partial charge in [-0.1, -0.05) is 18.2 Å². The molecule has 3 heterocycles. The summed E-state index contributed by atoms with van der Waals surface area (Å²) in [7, 11) is 2.16. The molecule has 0 bridgehead atoms. The molecule has 20 heavy (non-hydrogen) atoms. The van der Waals surface area contributed by atoms with Crippen LogP contribution < -0.4 is 4.90 Å². The van der Waals surface area contributed by atoms with Crippen molar-refractivity contribution in [2.45, 2.75) is 0 Å². The summed E-state index contributed by atoms with van der Waals surface area (Å²) in [6, 6.07) is 8.29. The SMILES string of the molecule is CN1CCN(c2ncnc3c2[nH]c2ccccc23)CC1. The van der Waals surface area contributed by atoms with Crippen molar-refractivity contribution < 1.29 is 0 Å². The van der Waals surface area contributed by atoms with E-state index in [0.29, 0.717) is 0 Å². The average Bonchev–Trinajstić information content (AvgIpc) is 2.87. The molecule has 1 aliphatic heterocycles. The molecule has 1 fully saturated rings. The zero-order chi connectivity index (χ0) is 13.5. The van der Waals surface area contributed by atoms with Crippen LogP contribution in [0.25, 0.3) is 21.9 Å². The van der Waals surface area contributed by atoms with Gasteiger partial charge < -0.3 is 14.8 Å². The minimum Gasteiger partial charge on any atom is -0.352 e. The van der Waals surface area contributed by atoms with Gasteiger partial charge in [0.25, 0.3) is 0 Å². The number of piperazine rings is 1. The topological polar surface area (TPSA) is 48.1 Å². The number of nitrogens with zero attached hydrogens (tertiary/aromatic N) is 4. The van der Waals surface area contributed by atoms with Crippen molar-refractivity contribution >= 4 is 27.8 Å². The highest BCUT2D eigenvalue weighted by Gasteiger charge is 2.19.